The first kappa shape index (κ1) is 15.0. The van der Waals surface area contributed by atoms with Gasteiger partial charge in [0.2, 0.25) is 0 Å². The minimum atomic E-state index is -0.337. The highest BCUT2D eigenvalue weighted by Crippen LogP contribution is 2.26. The van der Waals surface area contributed by atoms with Crippen LogP contribution < -0.4 is 5.32 Å². The van der Waals surface area contributed by atoms with Gasteiger partial charge in [-0.1, -0.05) is 43.3 Å². The van der Waals surface area contributed by atoms with E-state index >= 15 is 0 Å². The molecule has 0 radical (unpaired) electrons. The Kier molecular flexibility index (Phi) is 4.93. The van der Waals surface area contributed by atoms with Gasteiger partial charge in [-0.3, -0.25) is 10.1 Å². The Hall–Kier alpha value is -2.36. The first-order chi connectivity index (χ1) is 10.1. The summed E-state index contributed by atoms with van der Waals surface area (Å²) < 4.78 is 0. The summed E-state index contributed by atoms with van der Waals surface area (Å²) in [6.45, 7) is 4.73. The minimum Gasteiger partial charge on any atom is -0.379 e. The van der Waals surface area contributed by atoms with Crippen molar-refractivity contribution in [2.24, 2.45) is 0 Å². The van der Waals surface area contributed by atoms with Gasteiger partial charge in [-0.25, -0.2) is 0 Å². The van der Waals surface area contributed by atoms with Crippen LogP contribution in [-0.2, 0) is 0 Å². The van der Waals surface area contributed by atoms with Crippen molar-refractivity contribution in [1.29, 1.82) is 0 Å². The van der Waals surface area contributed by atoms with Crippen LogP contribution in [0, 0.1) is 17.0 Å². The number of nitrogens with one attached hydrogen (secondary N) is 1. The molecule has 0 bridgehead atoms. The lowest BCUT2D eigenvalue weighted by molar-refractivity contribution is -0.384. The summed E-state index contributed by atoms with van der Waals surface area (Å²) in [4.78, 5) is 10.7. The van der Waals surface area contributed by atoms with Gasteiger partial charge in [0.05, 0.1) is 4.92 Å². The van der Waals surface area contributed by atoms with E-state index in [1.54, 1.807) is 12.1 Å². The standard InChI is InChI=1S/C17H20N2O2/c1-13-8-9-16(17(12-13)19(20)21)18-11-10-14(2)15-6-4-3-5-7-15/h3-9,12,14,18H,10-11H2,1-2H3. The number of rotatable bonds is 6. The van der Waals surface area contributed by atoms with Crippen LogP contribution in [0.4, 0.5) is 11.4 Å². The second-order valence-corrected chi connectivity index (χ2v) is 5.30. The van der Waals surface area contributed by atoms with Gasteiger partial charge in [0.25, 0.3) is 5.69 Å². The Labute approximate surface area is 125 Å². The maximum Gasteiger partial charge on any atom is 0.292 e. The highest BCUT2D eigenvalue weighted by molar-refractivity contribution is 5.62. The summed E-state index contributed by atoms with van der Waals surface area (Å²) in [6, 6.07) is 15.6. The average molecular weight is 284 g/mol. The Morgan fingerprint density at radius 1 is 1.19 bits per heavy atom. The number of nitro benzene ring substituents is 1. The van der Waals surface area contributed by atoms with Crippen molar-refractivity contribution in [3.05, 3.63) is 69.8 Å². The maximum absolute atomic E-state index is 11.1. The molecule has 2 aromatic carbocycles. The van der Waals surface area contributed by atoms with Crippen molar-refractivity contribution in [1.82, 2.24) is 0 Å². The van der Waals surface area contributed by atoms with E-state index in [1.165, 1.54) is 5.56 Å². The van der Waals surface area contributed by atoms with Gasteiger partial charge in [-0.15, -0.1) is 0 Å². The predicted molar refractivity (Wildman–Crippen MR) is 85.8 cm³/mol. The quantitative estimate of drug-likeness (QED) is 0.627. The summed E-state index contributed by atoms with van der Waals surface area (Å²) in [7, 11) is 0. The molecule has 2 aromatic rings. The summed E-state index contributed by atoms with van der Waals surface area (Å²) in [5, 5.41) is 14.2. The molecule has 0 saturated heterocycles. The van der Waals surface area contributed by atoms with Crippen LogP contribution in [-0.4, -0.2) is 11.5 Å². The number of nitro groups is 1. The molecule has 1 unspecified atom stereocenters. The lowest BCUT2D eigenvalue weighted by atomic mass is 9.98. The first-order valence-electron chi connectivity index (χ1n) is 7.12. The molecule has 21 heavy (non-hydrogen) atoms. The van der Waals surface area contributed by atoms with Crippen LogP contribution in [0.25, 0.3) is 0 Å². The number of hydrogen-bond donors (Lipinski definition) is 1. The van der Waals surface area contributed by atoms with Gasteiger partial charge >= 0.3 is 0 Å². The molecule has 0 heterocycles. The predicted octanol–water partition coefficient (Wildman–Crippen LogP) is 4.51. The van der Waals surface area contributed by atoms with Crippen LogP contribution in [0.5, 0.6) is 0 Å². The monoisotopic (exact) mass is 284 g/mol. The lowest BCUT2D eigenvalue weighted by Gasteiger charge is -2.13. The molecule has 0 saturated carbocycles. The van der Waals surface area contributed by atoms with Gasteiger partial charge in [0.1, 0.15) is 5.69 Å². The molecule has 0 aliphatic heterocycles. The summed E-state index contributed by atoms with van der Waals surface area (Å²) in [5.41, 5.74) is 2.91. The van der Waals surface area contributed by atoms with E-state index in [-0.39, 0.29) is 10.6 Å². The van der Waals surface area contributed by atoms with Gasteiger partial charge in [-0.2, -0.15) is 0 Å². The van der Waals surface area contributed by atoms with Crippen LogP contribution >= 0.6 is 0 Å². The number of hydrogen-bond acceptors (Lipinski definition) is 3. The van der Waals surface area contributed by atoms with E-state index in [0.29, 0.717) is 18.2 Å². The zero-order valence-corrected chi connectivity index (χ0v) is 12.4. The maximum atomic E-state index is 11.1. The lowest BCUT2D eigenvalue weighted by Crippen LogP contribution is -2.07. The third kappa shape index (κ3) is 4.05. The minimum absolute atomic E-state index is 0.141. The topological polar surface area (TPSA) is 55.2 Å². The third-order valence-corrected chi connectivity index (χ3v) is 3.61. The highest BCUT2D eigenvalue weighted by atomic mass is 16.6. The molecule has 0 spiro atoms. The van der Waals surface area contributed by atoms with Gasteiger partial charge in [-0.05, 0) is 36.5 Å². The summed E-state index contributed by atoms with van der Waals surface area (Å²) in [6.07, 6.45) is 0.926. The Morgan fingerprint density at radius 3 is 2.57 bits per heavy atom. The van der Waals surface area contributed by atoms with E-state index in [2.05, 4.69) is 24.4 Å². The first-order valence-corrected chi connectivity index (χ1v) is 7.12. The zero-order chi connectivity index (χ0) is 15.2. The van der Waals surface area contributed by atoms with Crippen molar-refractivity contribution in [2.75, 3.05) is 11.9 Å². The fraction of sp³-hybridized carbons (Fsp3) is 0.294. The van der Waals surface area contributed by atoms with Crippen molar-refractivity contribution in [3.63, 3.8) is 0 Å². The number of aryl methyl sites for hydroxylation is 1. The molecule has 0 aromatic heterocycles. The van der Waals surface area contributed by atoms with Crippen molar-refractivity contribution in [2.45, 2.75) is 26.2 Å². The SMILES string of the molecule is Cc1ccc(NCCC(C)c2ccccc2)c([N+](=O)[O-])c1. The molecule has 0 aliphatic carbocycles. The molecular weight excluding hydrogens is 264 g/mol. The molecule has 4 nitrogen and oxygen atoms in total. The molecular formula is C17H20N2O2. The van der Waals surface area contributed by atoms with E-state index in [0.717, 1.165) is 12.0 Å². The summed E-state index contributed by atoms with van der Waals surface area (Å²) >= 11 is 0. The smallest absolute Gasteiger partial charge is 0.292 e. The molecule has 110 valence electrons. The Balaban J connectivity index is 1.96. The molecule has 0 fully saturated rings. The third-order valence-electron chi connectivity index (χ3n) is 3.61. The largest absolute Gasteiger partial charge is 0.379 e. The van der Waals surface area contributed by atoms with Crippen molar-refractivity contribution < 1.29 is 4.92 Å². The second-order valence-electron chi connectivity index (χ2n) is 5.30. The number of anilines is 1. The van der Waals surface area contributed by atoms with Crippen molar-refractivity contribution in [3.8, 4) is 0 Å². The van der Waals surface area contributed by atoms with Gasteiger partial charge in [0, 0.05) is 12.6 Å². The van der Waals surface area contributed by atoms with Crippen LogP contribution in [0.15, 0.2) is 48.5 Å². The number of nitrogens with zero attached hydrogens (tertiary/aromatic N) is 1. The zero-order valence-electron chi connectivity index (χ0n) is 12.4. The van der Waals surface area contributed by atoms with E-state index in [1.807, 2.05) is 31.2 Å². The van der Waals surface area contributed by atoms with E-state index in [9.17, 15) is 10.1 Å². The Bertz CT molecular complexity index is 611. The summed E-state index contributed by atoms with van der Waals surface area (Å²) in [5.74, 6) is 0.420. The average Bonchev–Trinajstić information content (AvgIpc) is 2.49. The molecule has 2 rings (SSSR count). The van der Waals surface area contributed by atoms with Gasteiger partial charge < -0.3 is 5.32 Å². The van der Waals surface area contributed by atoms with Crippen molar-refractivity contribution >= 4 is 11.4 Å². The molecule has 1 N–H and O–H groups in total. The Morgan fingerprint density at radius 2 is 1.90 bits per heavy atom. The van der Waals surface area contributed by atoms with Crippen LogP contribution in [0.2, 0.25) is 0 Å². The van der Waals surface area contributed by atoms with Crippen LogP contribution in [0.3, 0.4) is 0 Å². The van der Waals surface area contributed by atoms with Gasteiger partial charge in [0.15, 0.2) is 0 Å². The molecule has 0 amide bonds. The highest BCUT2D eigenvalue weighted by Gasteiger charge is 2.13. The fourth-order valence-corrected chi connectivity index (χ4v) is 2.31. The normalized spacial score (nSPS) is 11.9. The van der Waals surface area contributed by atoms with Crippen LogP contribution in [0.1, 0.15) is 30.4 Å². The fourth-order valence-electron chi connectivity index (χ4n) is 2.31. The number of benzene rings is 2. The molecule has 4 heteroatoms. The molecule has 0 aliphatic rings. The second kappa shape index (κ2) is 6.88. The van der Waals surface area contributed by atoms with E-state index in [4.69, 9.17) is 0 Å². The molecule has 1 atom stereocenters. The van der Waals surface area contributed by atoms with E-state index < -0.39 is 0 Å².